The Morgan fingerprint density at radius 1 is 0.833 bits per heavy atom. The minimum absolute atomic E-state index is 0.378. The highest BCUT2D eigenvalue weighted by atomic mass is 14.9. The molecule has 0 amide bonds. The molecule has 0 aliphatic heterocycles. The number of rotatable bonds is 0. The fourth-order valence-corrected chi connectivity index (χ4v) is 2.04. The maximum atomic E-state index is 5.91. The number of hydrogen-bond donors (Lipinski definition) is 2. The Bertz CT molecular complexity index is 120. The summed E-state index contributed by atoms with van der Waals surface area (Å²) < 4.78 is 0. The van der Waals surface area contributed by atoms with Gasteiger partial charge in [0, 0.05) is 0 Å². The predicted molar refractivity (Wildman–Crippen MR) is 52.6 cm³/mol. The first-order chi connectivity index (χ1) is 5.41. The molecule has 0 bridgehead atoms. The molecular formula is C10H22N2. The summed E-state index contributed by atoms with van der Waals surface area (Å²) in [4.78, 5) is 0. The van der Waals surface area contributed by atoms with Crippen LogP contribution in [0.2, 0.25) is 0 Å². The van der Waals surface area contributed by atoms with E-state index in [1.165, 1.54) is 25.7 Å². The van der Waals surface area contributed by atoms with Crippen LogP contribution in [-0.4, -0.2) is 5.66 Å². The summed E-state index contributed by atoms with van der Waals surface area (Å²) in [6.07, 6.45) is 6.86. The monoisotopic (exact) mass is 170 g/mol. The zero-order valence-corrected chi connectivity index (χ0v) is 8.40. The average molecular weight is 170 g/mol. The molecule has 0 aromatic heterocycles. The molecule has 0 spiro atoms. The Labute approximate surface area is 75.7 Å². The van der Waals surface area contributed by atoms with Crippen LogP contribution in [0.25, 0.3) is 0 Å². The second kappa shape index (κ2) is 3.35. The minimum Gasteiger partial charge on any atom is -0.313 e. The first-order valence-electron chi connectivity index (χ1n) is 4.99. The van der Waals surface area contributed by atoms with Crippen LogP contribution in [0.4, 0.5) is 0 Å². The van der Waals surface area contributed by atoms with Crippen LogP contribution in [0.3, 0.4) is 0 Å². The Morgan fingerprint density at radius 3 is 1.67 bits per heavy atom. The largest absolute Gasteiger partial charge is 0.313 e. The smallest absolute Gasteiger partial charge is 0.0636 e. The molecule has 1 aliphatic rings. The lowest BCUT2D eigenvalue weighted by molar-refractivity contribution is 0.220. The maximum absolute atomic E-state index is 5.91. The van der Waals surface area contributed by atoms with E-state index in [-0.39, 0.29) is 5.66 Å². The Morgan fingerprint density at radius 2 is 1.25 bits per heavy atom. The summed E-state index contributed by atoms with van der Waals surface area (Å²) in [7, 11) is 0. The second-order valence-electron chi connectivity index (χ2n) is 5.10. The van der Waals surface area contributed by atoms with Gasteiger partial charge in [-0.3, -0.25) is 0 Å². The van der Waals surface area contributed by atoms with Crippen LogP contribution in [0, 0.1) is 5.41 Å². The van der Waals surface area contributed by atoms with Gasteiger partial charge >= 0.3 is 0 Å². The topological polar surface area (TPSA) is 52.0 Å². The summed E-state index contributed by atoms with van der Waals surface area (Å²) in [6.45, 7) is 4.68. The van der Waals surface area contributed by atoms with Crippen molar-refractivity contribution < 1.29 is 0 Å². The van der Waals surface area contributed by atoms with Gasteiger partial charge in [-0.05, 0) is 43.9 Å². The van der Waals surface area contributed by atoms with Crippen molar-refractivity contribution in [2.24, 2.45) is 16.9 Å². The quantitative estimate of drug-likeness (QED) is 0.546. The van der Waals surface area contributed by atoms with Crippen LogP contribution in [0.5, 0.6) is 0 Å². The zero-order valence-electron chi connectivity index (χ0n) is 8.40. The lowest BCUT2D eigenvalue weighted by atomic mass is 9.77. The lowest BCUT2D eigenvalue weighted by Crippen LogP contribution is -2.49. The molecule has 1 saturated carbocycles. The van der Waals surface area contributed by atoms with Crippen LogP contribution in [0.15, 0.2) is 0 Å². The summed E-state index contributed by atoms with van der Waals surface area (Å²) >= 11 is 0. The highest BCUT2D eigenvalue weighted by Gasteiger charge is 2.26. The Kier molecular flexibility index (Phi) is 2.79. The number of nitrogens with two attached hydrogens (primary N) is 2. The van der Waals surface area contributed by atoms with Crippen molar-refractivity contribution >= 4 is 0 Å². The van der Waals surface area contributed by atoms with E-state index in [2.05, 4.69) is 13.8 Å². The molecule has 0 unspecified atom stereocenters. The molecule has 1 fully saturated rings. The third-order valence-electron chi connectivity index (χ3n) is 2.99. The fraction of sp³-hybridized carbons (Fsp3) is 1.00. The van der Waals surface area contributed by atoms with E-state index in [1.807, 2.05) is 0 Å². The standard InChI is InChI=1S/C10H22N2/c1-9(2)5-3-7-10(11,12)8-4-6-9/h3-8,11-12H2,1-2H3. The van der Waals surface area contributed by atoms with Crippen molar-refractivity contribution in [3.05, 3.63) is 0 Å². The van der Waals surface area contributed by atoms with Gasteiger partial charge in [0.1, 0.15) is 0 Å². The van der Waals surface area contributed by atoms with Crippen LogP contribution in [0.1, 0.15) is 52.4 Å². The van der Waals surface area contributed by atoms with Gasteiger partial charge < -0.3 is 11.5 Å². The van der Waals surface area contributed by atoms with Gasteiger partial charge in [0.05, 0.1) is 5.66 Å². The summed E-state index contributed by atoms with van der Waals surface area (Å²) in [6, 6.07) is 0. The van der Waals surface area contributed by atoms with Crippen LogP contribution in [-0.2, 0) is 0 Å². The molecule has 12 heavy (non-hydrogen) atoms. The second-order valence-corrected chi connectivity index (χ2v) is 5.10. The van der Waals surface area contributed by atoms with E-state index in [0.717, 1.165) is 12.8 Å². The molecule has 0 saturated heterocycles. The molecule has 0 atom stereocenters. The molecule has 0 heterocycles. The molecule has 0 aromatic rings. The van der Waals surface area contributed by atoms with Gasteiger partial charge in [0.25, 0.3) is 0 Å². The summed E-state index contributed by atoms with van der Waals surface area (Å²) in [5.41, 5.74) is 12.0. The van der Waals surface area contributed by atoms with E-state index in [9.17, 15) is 0 Å². The van der Waals surface area contributed by atoms with Crippen LogP contribution < -0.4 is 11.5 Å². The van der Waals surface area contributed by atoms with E-state index in [4.69, 9.17) is 11.5 Å². The van der Waals surface area contributed by atoms with Gasteiger partial charge in [0.15, 0.2) is 0 Å². The minimum atomic E-state index is -0.378. The Hall–Kier alpha value is -0.0800. The summed E-state index contributed by atoms with van der Waals surface area (Å²) in [5, 5.41) is 0. The van der Waals surface area contributed by atoms with E-state index >= 15 is 0 Å². The van der Waals surface area contributed by atoms with Gasteiger partial charge in [-0.1, -0.05) is 13.8 Å². The normalized spacial score (nSPS) is 29.0. The van der Waals surface area contributed by atoms with Crippen molar-refractivity contribution in [2.45, 2.75) is 58.0 Å². The molecule has 0 radical (unpaired) electrons. The average Bonchev–Trinajstić information content (AvgIpc) is 1.82. The van der Waals surface area contributed by atoms with E-state index < -0.39 is 0 Å². The van der Waals surface area contributed by atoms with Gasteiger partial charge in [-0.15, -0.1) is 0 Å². The third kappa shape index (κ3) is 3.11. The van der Waals surface area contributed by atoms with Crippen molar-refractivity contribution in [3.63, 3.8) is 0 Å². The summed E-state index contributed by atoms with van der Waals surface area (Å²) in [5.74, 6) is 0. The predicted octanol–water partition coefficient (Wildman–Crippen LogP) is 1.98. The molecule has 2 nitrogen and oxygen atoms in total. The zero-order chi connectivity index (χ0) is 9.24. The molecule has 0 aromatic carbocycles. The van der Waals surface area contributed by atoms with Gasteiger partial charge in [0.2, 0.25) is 0 Å². The Balaban J connectivity index is 2.45. The molecule has 2 heteroatoms. The molecular weight excluding hydrogens is 148 g/mol. The highest BCUT2D eigenvalue weighted by Crippen LogP contribution is 2.33. The fourth-order valence-electron chi connectivity index (χ4n) is 2.04. The van der Waals surface area contributed by atoms with E-state index in [0.29, 0.717) is 5.41 Å². The van der Waals surface area contributed by atoms with E-state index in [1.54, 1.807) is 0 Å². The van der Waals surface area contributed by atoms with Gasteiger partial charge in [-0.2, -0.15) is 0 Å². The molecule has 1 rings (SSSR count). The molecule has 1 aliphatic carbocycles. The van der Waals surface area contributed by atoms with Crippen molar-refractivity contribution in [2.75, 3.05) is 0 Å². The van der Waals surface area contributed by atoms with Crippen molar-refractivity contribution in [1.82, 2.24) is 0 Å². The lowest BCUT2D eigenvalue weighted by Gasteiger charge is -2.33. The van der Waals surface area contributed by atoms with Gasteiger partial charge in [-0.25, -0.2) is 0 Å². The van der Waals surface area contributed by atoms with Crippen molar-refractivity contribution in [3.8, 4) is 0 Å². The van der Waals surface area contributed by atoms with Crippen LogP contribution >= 0.6 is 0 Å². The SMILES string of the molecule is CC1(C)CCCC(N)(N)CCC1. The maximum Gasteiger partial charge on any atom is 0.0636 e. The van der Waals surface area contributed by atoms with Crippen molar-refractivity contribution in [1.29, 1.82) is 0 Å². The highest BCUT2D eigenvalue weighted by molar-refractivity contribution is 4.82. The molecule has 4 N–H and O–H groups in total. The first kappa shape index (κ1) is 10.0. The third-order valence-corrected chi connectivity index (χ3v) is 2.99. The first-order valence-corrected chi connectivity index (χ1v) is 4.99. The molecule has 72 valence electrons. The number of hydrogen-bond acceptors (Lipinski definition) is 2.